The van der Waals surface area contributed by atoms with Crippen LogP contribution in [0.4, 0.5) is 0 Å². The van der Waals surface area contributed by atoms with Gasteiger partial charge in [0.05, 0.1) is 16.9 Å². The Kier molecular flexibility index (Phi) is 4.66. The third-order valence-electron chi connectivity index (χ3n) is 2.02. The lowest BCUT2D eigenvalue weighted by atomic mass is 10.2. The average Bonchev–Trinajstić information content (AvgIpc) is 2.26. The first-order chi connectivity index (χ1) is 7.54. The van der Waals surface area contributed by atoms with Gasteiger partial charge >= 0.3 is 5.97 Å². The molecule has 0 bridgehead atoms. The van der Waals surface area contributed by atoms with Gasteiger partial charge in [-0.1, -0.05) is 17.7 Å². The summed E-state index contributed by atoms with van der Waals surface area (Å²) in [6.45, 7) is 1.63. The van der Waals surface area contributed by atoms with Crippen molar-refractivity contribution in [3.8, 4) is 6.07 Å². The summed E-state index contributed by atoms with van der Waals surface area (Å²) in [5, 5.41) is 17.4. The molecule has 3 nitrogen and oxygen atoms in total. The Labute approximate surface area is 103 Å². The molecule has 0 aliphatic carbocycles. The van der Waals surface area contributed by atoms with Crippen molar-refractivity contribution in [3.05, 3.63) is 34.3 Å². The summed E-state index contributed by atoms with van der Waals surface area (Å²) in [4.78, 5) is 10.6. The second kappa shape index (κ2) is 5.78. The molecule has 16 heavy (non-hydrogen) atoms. The smallest absolute Gasteiger partial charge is 0.316 e. The average molecular weight is 256 g/mol. The van der Waals surface area contributed by atoms with Gasteiger partial charge in [0.1, 0.15) is 0 Å². The molecule has 0 spiro atoms. The molecular weight excluding hydrogens is 246 g/mol. The number of thioether (sulfide) groups is 1. The zero-order valence-electron chi connectivity index (χ0n) is 8.61. The predicted molar refractivity (Wildman–Crippen MR) is 64.6 cm³/mol. The molecule has 1 aromatic carbocycles. The van der Waals surface area contributed by atoms with Gasteiger partial charge < -0.3 is 5.11 Å². The standard InChI is InChI=1S/C11H10ClNO2S/c1-7(11(14)15)16-6-9-3-2-8(5-13)4-10(9)12/h2-4,7H,6H2,1H3,(H,14,15). The molecular formula is C11H10ClNO2S. The number of rotatable bonds is 4. The Morgan fingerprint density at radius 3 is 2.88 bits per heavy atom. The number of carboxylic acid groups (broad SMARTS) is 1. The third-order valence-corrected chi connectivity index (χ3v) is 3.55. The Balaban J connectivity index is 2.69. The van der Waals surface area contributed by atoms with E-state index in [1.54, 1.807) is 25.1 Å². The van der Waals surface area contributed by atoms with Gasteiger partial charge in [0.2, 0.25) is 0 Å². The van der Waals surface area contributed by atoms with Gasteiger partial charge in [0.15, 0.2) is 0 Å². The number of hydrogen-bond acceptors (Lipinski definition) is 3. The molecule has 1 atom stereocenters. The highest BCUT2D eigenvalue weighted by Gasteiger charge is 2.12. The lowest BCUT2D eigenvalue weighted by Gasteiger charge is -2.07. The van der Waals surface area contributed by atoms with Crippen molar-refractivity contribution < 1.29 is 9.90 Å². The molecule has 1 rings (SSSR count). The van der Waals surface area contributed by atoms with E-state index in [1.165, 1.54) is 11.8 Å². The molecule has 1 aromatic rings. The van der Waals surface area contributed by atoms with Gasteiger partial charge in [-0.3, -0.25) is 4.79 Å². The number of hydrogen-bond donors (Lipinski definition) is 1. The topological polar surface area (TPSA) is 61.1 Å². The number of nitriles is 1. The molecule has 1 unspecified atom stereocenters. The van der Waals surface area contributed by atoms with Crippen molar-refractivity contribution in [1.29, 1.82) is 5.26 Å². The zero-order chi connectivity index (χ0) is 12.1. The molecule has 0 aromatic heterocycles. The minimum atomic E-state index is -0.838. The van der Waals surface area contributed by atoms with Crippen LogP contribution in [0.15, 0.2) is 18.2 Å². The predicted octanol–water partition coefficient (Wildman–Crippen LogP) is 2.92. The van der Waals surface area contributed by atoms with Crippen molar-refractivity contribution in [2.75, 3.05) is 0 Å². The summed E-state index contributed by atoms with van der Waals surface area (Å²) in [5.41, 5.74) is 1.35. The first-order valence-electron chi connectivity index (χ1n) is 4.57. The highest BCUT2D eigenvalue weighted by atomic mass is 35.5. The van der Waals surface area contributed by atoms with E-state index in [-0.39, 0.29) is 0 Å². The monoisotopic (exact) mass is 255 g/mol. The maximum Gasteiger partial charge on any atom is 0.316 e. The molecule has 0 radical (unpaired) electrons. The maximum atomic E-state index is 10.6. The number of benzene rings is 1. The van der Waals surface area contributed by atoms with E-state index in [4.69, 9.17) is 22.0 Å². The second-order valence-corrected chi connectivity index (χ2v) is 4.95. The fourth-order valence-corrected chi connectivity index (χ4v) is 2.17. The van der Waals surface area contributed by atoms with Gasteiger partial charge in [-0.15, -0.1) is 11.8 Å². The van der Waals surface area contributed by atoms with Crippen LogP contribution in [-0.4, -0.2) is 16.3 Å². The van der Waals surface area contributed by atoms with Crippen LogP contribution in [0.3, 0.4) is 0 Å². The Bertz CT molecular complexity index is 442. The molecule has 0 heterocycles. The van der Waals surface area contributed by atoms with Crippen LogP contribution in [0, 0.1) is 11.3 Å². The summed E-state index contributed by atoms with van der Waals surface area (Å²) < 4.78 is 0. The van der Waals surface area contributed by atoms with E-state index in [9.17, 15) is 4.79 Å². The summed E-state index contributed by atoms with van der Waals surface area (Å²) in [5.74, 6) is -0.312. The molecule has 0 aliphatic heterocycles. The van der Waals surface area contributed by atoms with E-state index in [2.05, 4.69) is 0 Å². The summed E-state index contributed by atoms with van der Waals surface area (Å²) in [6.07, 6.45) is 0. The van der Waals surface area contributed by atoms with Crippen LogP contribution in [0.2, 0.25) is 5.02 Å². The molecule has 5 heteroatoms. The number of halogens is 1. The van der Waals surface area contributed by atoms with Crippen molar-refractivity contribution >= 4 is 29.3 Å². The normalized spacial score (nSPS) is 11.8. The van der Waals surface area contributed by atoms with Crippen molar-refractivity contribution in [2.24, 2.45) is 0 Å². The van der Waals surface area contributed by atoms with Crippen LogP contribution in [0.25, 0.3) is 0 Å². The Morgan fingerprint density at radius 1 is 1.69 bits per heavy atom. The van der Waals surface area contributed by atoms with E-state index >= 15 is 0 Å². The number of carboxylic acids is 1. The van der Waals surface area contributed by atoms with Crippen LogP contribution < -0.4 is 0 Å². The third kappa shape index (κ3) is 3.44. The SMILES string of the molecule is CC(SCc1ccc(C#N)cc1Cl)C(=O)O. The van der Waals surface area contributed by atoms with Crippen molar-refractivity contribution in [1.82, 2.24) is 0 Å². The summed E-state index contributed by atoms with van der Waals surface area (Å²) >= 11 is 7.26. The van der Waals surface area contributed by atoms with Crippen LogP contribution in [0.5, 0.6) is 0 Å². The Hall–Kier alpha value is -1.18. The summed E-state index contributed by atoms with van der Waals surface area (Å²) in [6, 6.07) is 7.01. The number of carbonyl (C=O) groups is 1. The highest BCUT2D eigenvalue weighted by molar-refractivity contribution is 7.99. The molecule has 0 fully saturated rings. The van der Waals surface area contributed by atoms with Crippen molar-refractivity contribution in [3.63, 3.8) is 0 Å². The number of aliphatic carboxylic acids is 1. The first-order valence-corrected chi connectivity index (χ1v) is 6.00. The van der Waals surface area contributed by atoms with E-state index in [0.717, 1.165) is 5.56 Å². The lowest BCUT2D eigenvalue weighted by molar-refractivity contribution is -0.136. The van der Waals surface area contributed by atoms with Crippen molar-refractivity contribution in [2.45, 2.75) is 17.9 Å². The lowest BCUT2D eigenvalue weighted by Crippen LogP contribution is -2.11. The zero-order valence-corrected chi connectivity index (χ0v) is 10.2. The minimum absolute atomic E-state index is 0.466. The molecule has 0 aliphatic rings. The largest absolute Gasteiger partial charge is 0.480 e. The maximum absolute atomic E-state index is 10.6. The van der Waals surface area contributed by atoms with Crippen LogP contribution in [-0.2, 0) is 10.5 Å². The molecule has 1 N–H and O–H groups in total. The number of nitrogens with zero attached hydrogens (tertiary/aromatic N) is 1. The second-order valence-electron chi connectivity index (χ2n) is 3.21. The van der Waals surface area contributed by atoms with Crippen LogP contribution in [0.1, 0.15) is 18.1 Å². The molecule has 0 amide bonds. The fraction of sp³-hybridized carbons (Fsp3) is 0.273. The van der Waals surface area contributed by atoms with Gasteiger partial charge in [0.25, 0.3) is 0 Å². The minimum Gasteiger partial charge on any atom is -0.480 e. The quantitative estimate of drug-likeness (QED) is 0.899. The fourth-order valence-electron chi connectivity index (χ4n) is 1.02. The van der Waals surface area contributed by atoms with E-state index in [1.807, 2.05) is 6.07 Å². The molecule has 0 saturated heterocycles. The Morgan fingerprint density at radius 2 is 2.38 bits per heavy atom. The van der Waals surface area contributed by atoms with E-state index in [0.29, 0.717) is 16.3 Å². The van der Waals surface area contributed by atoms with Crippen LogP contribution >= 0.6 is 23.4 Å². The highest BCUT2D eigenvalue weighted by Crippen LogP contribution is 2.24. The van der Waals surface area contributed by atoms with Gasteiger partial charge in [-0.25, -0.2) is 0 Å². The van der Waals surface area contributed by atoms with Gasteiger partial charge in [-0.05, 0) is 24.6 Å². The molecule has 84 valence electrons. The first kappa shape index (κ1) is 12.9. The van der Waals surface area contributed by atoms with Gasteiger partial charge in [0, 0.05) is 10.8 Å². The van der Waals surface area contributed by atoms with Gasteiger partial charge in [-0.2, -0.15) is 5.26 Å². The van der Waals surface area contributed by atoms with E-state index < -0.39 is 11.2 Å². The summed E-state index contributed by atoms with van der Waals surface area (Å²) in [7, 11) is 0. The molecule has 0 saturated carbocycles.